The lowest BCUT2D eigenvalue weighted by Gasteiger charge is -2.15. The molecule has 3 N–H and O–H groups in total. The first-order valence-electron chi connectivity index (χ1n) is 7.48. The van der Waals surface area contributed by atoms with Gasteiger partial charge >= 0.3 is 0 Å². The van der Waals surface area contributed by atoms with Crippen LogP contribution in [0.15, 0.2) is 48.5 Å². The van der Waals surface area contributed by atoms with E-state index in [9.17, 15) is 4.79 Å². The number of halogens is 1. The topological polar surface area (TPSA) is 73.6 Å². The van der Waals surface area contributed by atoms with Crippen molar-refractivity contribution in [1.29, 1.82) is 0 Å². The minimum Gasteiger partial charge on any atom is -0.493 e. The summed E-state index contributed by atoms with van der Waals surface area (Å²) in [6.45, 7) is 3.82. The number of rotatable bonds is 6. The van der Waals surface area contributed by atoms with Crippen molar-refractivity contribution in [2.75, 3.05) is 12.4 Å². The van der Waals surface area contributed by atoms with E-state index >= 15 is 0 Å². The van der Waals surface area contributed by atoms with Gasteiger partial charge in [-0.1, -0.05) is 26.0 Å². The van der Waals surface area contributed by atoms with Crippen LogP contribution in [-0.4, -0.2) is 19.1 Å². The number of methoxy groups -OCH3 is 1. The van der Waals surface area contributed by atoms with Gasteiger partial charge in [0, 0.05) is 5.69 Å². The summed E-state index contributed by atoms with van der Waals surface area (Å²) in [5, 5.41) is 2.79. The van der Waals surface area contributed by atoms with Crippen molar-refractivity contribution in [3.05, 3.63) is 48.5 Å². The molecule has 0 aliphatic heterocycles. The Morgan fingerprint density at radius 1 is 1.04 bits per heavy atom. The Morgan fingerprint density at radius 3 is 2.17 bits per heavy atom. The van der Waals surface area contributed by atoms with Crippen LogP contribution in [-0.2, 0) is 4.79 Å². The normalized spacial score (nSPS) is 11.4. The van der Waals surface area contributed by atoms with Crippen LogP contribution in [0.3, 0.4) is 0 Å². The van der Waals surface area contributed by atoms with Crippen LogP contribution in [0.4, 0.5) is 5.69 Å². The molecule has 1 atom stereocenters. The number of nitrogens with one attached hydrogen (secondary N) is 1. The highest BCUT2D eigenvalue weighted by atomic mass is 35.5. The van der Waals surface area contributed by atoms with Gasteiger partial charge < -0.3 is 20.5 Å². The van der Waals surface area contributed by atoms with E-state index in [1.807, 2.05) is 38.1 Å². The highest BCUT2D eigenvalue weighted by Crippen LogP contribution is 2.31. The molecular formula is C18H23ClN2O3. The van der Waals surface area contributed by atoms with Gasteiger partial charge in [0.25, 0.3) is 0 Å². The van der Waals surface area contributed by atoms with Crippen molar-refractivity contribution in [2.45, 2.75) is 19.9 Å². The van der Waals surface area contributed by atoms with Crippen molar-refractivity contribution in [2.24, 2.45) is 11.7 Å². The zero-order valence-electron chi connectivity index (χ0n) is 14.0. The number of para-hydroxylation sites is 2. The number of hydrogen-bond donors (Lipinski definition) is 2. The summed E-state index contributed by atoms with van der Waals surface area (Å²) in [7, 11) is 1.60. The number of carbonyl (C=O) groups excluding carboxylic acids is 1. The number of carbonyl (C=O) groups is 1. The second kappa shape index (κ2) is 9.15. The van der Waals surface area contributed by atoms with Gasteiger partial charge in [-0.2, -0.15) is 0 Å². The molecule has 0 aromatic heterocycles. The molecule has 0 saturated heterocycles. The van der Waals surface area contributed by atoms with Crippen molar-refractivity contribution >= 4 is 24.0 Å². The van der Waals surface area contributed by atoms with Gasteiger partial charge in [0.1, 0.15) is 5.75 Å². The van der Waals surface area contributed by atoms with Crippen LogP contribution in [0.2, 0.25) is 0 Å². The minimum absolute atomic E-state index is 0. The van der Waals surface area contributed by atoms with Crippen LogP contribution >= 0.6 is 12.4 Å². The van der Waals surface area contributed by atoms with Crippen LogP contribution in [0.25, 0.3) is 0 Å². The first kappa shape index (κ1) is 19.8. The molecule has 0 fully saturated rings. The van der Waals surface area contributed by atoms with Gasteiger partial charge in [0.2, 0.25) is 5.91 Å². The number of ether oxygens (including phenoxy) is 2. The zero-order valence-corrected chi connectivity index (χ0v) is 14.8. The first-order valence-corrected chi connectivity index (χ1v) is 7.48. The molecule has 0 bridgehead atoms. The lowest BCUT2D eigenvalue weighted by Crippen LogP contribution is -2.39. The number of benzene rings is 2. The van der Waals surface area contributed by atoms with Crippen molar-refractivity contribution in [1.82, 2.24) is 0 Å². The van der Waals surface area contributed by atoms with Gasteiger partial charge in [-0.25, -0.2) is 0 Å². The number of amides is 1. The SMILES string of the molecule is COc1ccccc1Oc1ccc(NC(=O)[C@H](N)C(C)C)cc1.Cl. The van der Waals surface area contributed by atoms with E-state index in [4.69, 9.17) is 15.2 Å². The monoisotopic (exact) mass is 350 g/mol. The quantitative estimate of drug-likeness (QED) is 0.830. The lowest BCUT2D eigenvalue weighted by atomic mass is 10.1. The second-order valence-electron chi connectivity index (χ2n) is 5.54. The van der Waals surface area contributed by atoms with Gasteiger partial charge in [0.05, 0.1) is 13.2 Å². The largest absolute Gasteiger partial charge is 0.493 e. The van der Waals surface area contributed by atoms with Crippen molar-refractivity contribution in [3.8, 4) is 17.2 Å². The predicted octanol–water partition coefficient (Wildman–Crippen LogP) is 3.83. The summed E-state index contributed by atoms with van der Waals surface area (Å²) in [6.07, 6.45) is 0. The Bertz CT molecular complexity index is 660. The van der Waals surface area contributed by atoms with E-state index in [1.165, 1.54) is 0 Å². The van der Waals surface area contributed by atoms with Crippen LogP contribution in [0.5, 0.6) is 17.2 Å². The lowest BCUT2D eigenvalue weighted by molar-refractivity contribution is -0.118. The molecule has 1 amide bonds. The summed E-state index contributed by atoms with van der Waals surface area (Å²) >= 11 is 0. The van der Waals surface area contributed by atoms with E-state index in [2.05, 4.69) is 5.32 Å². The van der Waals surface area contributed by atoms with Gasteiger partial charge in [-0.05, 0) is 42.3 Å². The molecule has 0 saturated carbocycles. The molecule has 0 spiro atoms. The molecule has 5 nitrogen and oxygen atoms in total. The predicted molar refractivity (Wildman–Crippen MR) is 98.2 cm³/mol. The second-order valence-corrected chi connectivity index (χ2v) is 5.54. The molecule has 24 heavy (non-hydrogen) atoms. The fourth-order valence-electron chi connectivity index (χ4n) is 1.96. The Hall–Kier alpha value is -2.24. The fourth-order valence-corrected chi connectivity index (χ4v) is 1.96. The maximum atomic E-state index is 11.9. The van der Waals surface area contributed by atoms with Crippen molar-refractivity contribution < 1.29 is 14.3 Å². The van der Waals surface area contributed by atoms with E-state index in [1.54, 1.807) is 31.4 Å². The number of hydrogen-bond acceptors (Lipinski definition) is 4. The third-order valence-corrected chi connectivity index (χ3v) is 3.44. The number of anilines is 1. The standard InChI is InChI=1S/C18H22N2O3.ClH/c1-12(2)17(19)18(21)20-13-8-10-14(11-9-13)23-16-7-5-4-6-15(16)22-3;/h4-12,17H,19H2,1-3H3,(H,20,21);1H/t17-;/m1./s1. The molecule has 2 aromatic carbocycles. The minimum atomic E-state index is -0.528. The highest BCUT2D eigenvalue weighted by molar-refractivity contribution is 5.94. The molecule has 2 rings (SSSR count). The Labute approximate surface area is 148 Å². The zero-order chi connectivity index (χ0) is 16.8. The molecule has 130 valence electrons. The average molecular weight is 351 g/mol. The summed E-state index contributed by atoms with van der Waals surface area (Å²) < 4.78 is 11.0. The first-order chi connectivity index (χ1) is 11.0. The highest BCUT2D eigenvalue weighted by Gasteiger charge is 2.17. The molecule has 0 aliphatic carbocycles. The molecule has 0 unspecified atom stereocenters. The van der Waals surface area contributed by atoms with Crippen LogP contribution in [0, 0.1) is 5.92 Å². The average Bonchev–Trinajstić information content (AvgIpc) is 2.56. The number of nitrogens with two attached hydrogens (primary N) is 1. The van der Waals surface area contributed by atoms with Crippen molar-refractivity contribution in [3.63, 3.8) is 0 Å². The molecule has 0 radical (unpaired) electrons. The summed E-state index contributed by atoms with van der Waals surface area (Å²) in [5.74, 6) is 1.84. The summed E-state index contributed by atoms with van der Waals surface area (Å²) in [4.78, 5) is 11.9. The maximum Gasteiger partial charge on any atom is 0.241 e. The Balaban J connectivity index is 0.00000288. The third kappa shape index (κ3) is 5.15. The summed E-state index contributed by atoms with van der Waals surface area (Å²) in [5.41, 5.74) is 6.50. The smallest absolute Gasteiger partial charge is 0.241 e. The molecular weight excluding hydrogens is 328 g/mol. The third-order valence-electron chi connectivity index (χ3n) is 3.44. The van der Waals surface area contributed by atoms with E-state index in [0.29, 0.717) is 22.9 Å². The van der Waals surface area contributed by atoms with Crippen LogP contribution < -0.4 is 20.5 Å². The maximum absolute atomic E-state index is 11.9. The molecule has 0 heterocycles. The Morgan fingerprint density at radius 2 is 1.62 bits per heavy atom. The molecule has 2 aromatic rings. The van der Waals surface area contributed by atoms with E-state index in [-0.39, 0.29) is 24.2 Å². The molecule has 0 aliphatic rings. The van der Waals surface area contributed by atoms with Crippen LogP contribution in [0.1, 0.15) is 13.8 Å². The van der Waals surface area contributed by atoms with E-state index in [0.717, 1.165) is 0 Å². The Kier molecular flexibility index (Phi) is 7.55. The van der Waals surface area contributed by atoms with E-state index < -0.39 is 6.04 Å². The summed E-state index contributed by atoms with van der Waals surface area (Å²) in [6, 6.07) is 14.0. The fraction of sp³-hybridized carbons (Fsp3) is 0.278. The van der Waals surface area contributed by atoms with Gasteiger partial charge in [-0.15, -0.1) is 12.4 Å². The van der Waals surface area contributed by atoms with Gasteiger partial charge in [0.15, 0.2) is 11.5 Å². The molecule has 6 heteroatoms. The van der Waals surface area contributed by atoms with Gasteiger partial charge in [-0.3, -0.25) is 4.79 Å².